The van der Waals surface area contributed by atoms with Gasteiger partial charge < -0.3 is 9.47 Å². The van der Waals surface area contributed by atoms with Gasteiger partial charge in [0.2, 0.25) is 0 Å². The molecule has 2 nitrogen and oxygen atoms in total. The van der Waals surface area contributed by atoms with Crippen LogP contribution in [-0.2, 0) is 6.42 Å². The van der Waals surface area contributed by atoms with Crippen LogP contribution in [0.25, 0.3) is 0 Å². The zero-order valence-corrected chi connectivity index (χ0v) is 11.3. The molecule has 0 saturated heterocycles. The normalized spacial score (nSPS) is 10.0. The quantitative estimate of drug-likeness (QED) is 0.791. The largest absolute Gasteiger partial charge is 0.495 e. The van der Waals surface area contributed by atoms with E-state index in [9.17, 15) is 0 Å². The third kappa shape index (κ3) is 2.42. The SMILES string of the molecule is COc1ccc(CCBr)c(OC)c1Br. The van der Waals surface area contributed by atoms with Crippen LogP contribution in [0, 0.1) is 0 Å². The fourth-order valence-electron chi connectivity index (χ4n) is 1.26. The highest BCUT2D eigenvalue weighted by Gasteiger charge is 2.11. The molecule has 0 amide bonds. The van der Waals surface area contributed by atoms with Crippen molar-refractivity contribution < 1.29 is 9.47 Å². The van der Waals surface area contributed by atoms with E-state index in [1.807, 2.05) is 12.1 Å². The molecule has 0 spiro atoms. The van der Waals surface area contributed by atoms with E-state index in [1.165, 1.54) is 0 Å². The Hall–Kier alpha value is -0.220. The maximum atomic E-state index is 5.32. The van der Waals surface area contributed by atoms with E-state index in [1.54, 1.807) is 14.2 Å². The Balaban J connectivity index is 3.14. The molecule has 1 aromatic carbocycles. The van der Waals surface area contributed by atoms with Gasteiger partial charge in [0.25, 0.3) is 0 Å². The van der Waals surface area contributed by atoms with Crippen LogP contribution in [0.15, 0.2) is 16.6 Å². The predicted molar refractivity (Wildman–Crippen MR) is 64.7 cm³/mol. The van der Waals surface area contributed by atoms with Crippen molar-refractivity contribution in [3.8, 4) is 11.5 Å². The van der Waals surface area contributed by atoms with Gasteiger partial charge in [-0.25, -0.2) is 0 Å². The first-order valence-corrected chi connectivity index (χ1v) is 6.11. The third-order valence-electron chi connectivity index (χ3n) is 1.93. The molecule has 0 bridgehead atoms. The Labute approximate surface area is 101 Å². The average Bonchev–Trinajstić information content (AvgIpc) is 2.19. The molecule has 0 unspecified atom stereocenters. The first-order chi connectivity index (χ1) is 6.74. The topological polar surface area (TPSA) is 18.5 Å². The molecule has 0 radical (unpaired) electrons. The number of rotatable bonds is 4. The van der Waals surface area contributed by atoms with Crippen LogP contribution in [0.2, 0.25) is 0 Å². The number of hydrogen-bond donors (Lipinski definition) is 0. The number of methoxy groups -OCH3 is 2. The summed E-state index contributed by atoms with van der Waals surface area (Å²) in [4.78, 5) is 0. The lowest BCUT2D eigenvalue weighted by atomic mass is 10.1. The number of benzene rings is 1. The van der Waals surface area contributed by atoms with Gasteiger partial charge in [0, 0.05) is 5.33 Å². The molecule has 0 fully saturated rings. The monoisotopic (exact) mass is 322 g/mol. The fourth-order valence-corrected chi connectivity index (χ4v) is 2.39. The van der Waals surface area contributed by atoms with E-state index in [2.05, 4.69) is 31.9 Å². The smallest absolute Gasteiger partial charge is 0.140 e. The Bertz CT molecular complexity index is 313. The molecule has 0 heterocycles. The van der Waals surface area contributed by atoms with Crippen molar-refractivity contribution in [2.45, 2.75) is 6.42 Å². The first kappa shape index (κ1) is 11.9. The second-order valence-electron chi connectivity index (χ2n) is 2.71. The van der Waals surface area contributed by atoms with Gasteiger partial charge in [-0.3, -0.25) is 0 Å². The summed E-state index contributed by atoms with van der Waals surface area (Å²) >= 11 is 6.86. The molecule has 0 aromatic heterocycles. The Morgan fingerprint density at radius 1 is 1.21 bits per heavy atom. The van der Waals surface area contributed by atoms with Gasteiger partial charge in [-0.15, -0.1) is 0 Å². The summed E-state index contributed by atoms with van der Waals surface area (Å²) in [6.07, 6.45) is 0.936. The van der Waals surface area contributed by atoms with Crippen molar-refractivity contribution in [2.75, 3.05) is 19.5 Å². The minimum absolute atomic E-state index is 0.792. The molecule has 78 valence electrons. The lowest BCUT2D eigenvalue weighted by Gasteiger charge is -2.12. The second-order valence-corrected chi connectivity index (χ2v) is 4.30. The van der Waals surface area contributed by atoms with Crippen molar-refractivity contribution in [3.63, 3.8) is 0 Å². The number of ether oxygens (including phenoxy) is 2. The Kier molecular flexibility index (Phi) is 4.75. The maximum Gasteiger partial charge on any atom is 0.140 e. The zero-order chi connectivity index (χ0) is 10.6. The standard InChI is InChI=1S/C10H12Br2O2/c1-13-8-4-3-7(5-6-11)10(14-2)9(8)12/h3-4H,5-6H2,1-2H3. The summed E-state index contributed by atoms with van der Waals surface area (Å²) in [6.45, 7) is 0. The first-order valence-electron chi connectivity index (χ1n) is 4.20. The molecular formula is C10H12Br2O2. The van der Waals surface area contributed by atoms with Gasteiger partial charge in [0.05, 0.1) is 14.2 Å². The minimum Gasteiger partial charge on any atom is -0.495 e. The second kappa shape index (κ2) is 5.61. The minimum atomic E-state index is 0.792. The molecule has 0 aliphatic rings. The summed E-state index contributed by atoms with van der Waals surface area (Å²) in [5.74, 6) is 1.64. The third-order valence-corrected chi connectivity index (χ3v) is 3.08. The van der Waals surface area contributed by atoms with Gasteiger partial charge >= 0.3 is 0 Å². The average molecular weight is 324 g/mol. The zero-order valence-electron chi connectivity index (χ0n) is 8.14. The molecule has 1 rings (SSSR count). The van der Waals surface area contributed by atoms with Crippen molar-refractivity contribution in [2.24, 2.45) is 0 Å². The van der Waals surface area contributed by atoms with Crippen LogP contribution < -0.4 is 9.47 Å². The molecule has 0 saturated carbocycles. The van der Waals surface area contributed by atoms with Gasteiger partial charge in [-0.2, -0.15) is 0 Å². The van der Waals surface area contributed by atoms with E-state index < -0.39 is 0 Å². The van der Waals surface area contributed by atoms with Crippen LogP contribution in [0.4, 0.5) is 0 Å². The highest BCUT2D eigenvalue weighted by Crippen LogP contribution is 2.37. The van der Waals surface area contributed by atoms with Crippen LogP contribution >= 0.6 is 31.9 Å². The summed E-state index contributed by atoms with van der Waals surface area (Å²) in [7, 11) is 3.31. The number of hydrogen-bond acceptors (Lipinski definition) is 2. The van der Waals surface area contributed by atoms with Crippen molar-refractivity contribution in [1.29, 1.82) is 0 Å². The summed E-state index contributed by atoms with van der Waals surface area (Å²) in [5, 5.41) is 0.919. The lowest BCUT2D eigenvalue weighted by Crippen LogP contribution is -1.96. The number of halogens is 2. The van der Waals surface area contributed by atoms with E-state index in [0.717, 1.165) is 33.3 Å². The summed E-state index contributed by atoms with van der Waals surface area (Å²) in [5.41, 5.74) is 1.16. The molecule has 0 aliphatic carbocycles. The van der Waals surface area contributed by atoms with E-state index >= 15 is 0 Å². The number of alkyl halides is 1. The fraction of sp³-hybridized carbons (Fsp3) is 0.400. The highest BCUT2D eigenvalue weighted by atomic mass is 79.9. The van der Waals surface area contributed by atoms with Crippen molar-refractivity contribution in [3.05, 3.63) is 22.2 Å². The van der Waals surface area contributed by atoms with Crippen molar-refractivity contribution in [1.82, 2.24) is 0 Å². The molecule has 0 aliphatic heterocycles. The Morgan fingerprint density at radius 2 is 1.93 bits per heavy atom. The Morgan fingerprint density at radius 3 is 2.43 bits per heavy atom. The van der Waals surface area contributed by atoms with E-state index in [0.29, 0.717) is 0 Å². The molecule has 14 heavy (non-hydrogen) atoms. The molecule has 0 atom stereocenters. The lowest BCUT2D eigenvalue weighted by molar-refractivity contribution is 0.386. The van der Waals surface area contributed by atoms with Crippen LogP contribution in [-0.4, -0.2) is 19.5 Å². The van der Waals surface area contributed by atoms with E-state index in [-0.39, 0.29) is 0 Å². The molecule has 1 aromatic rings. The van der Waals surface area contributed by atoms with Gasteiger partial charge in [0.15, 0.2) is 0 Å². The maximum absolute atomic E-state index is 5.32. The highest BCUT2D eigenvalue weighted by molar-refractivity contribution is 9.10. The van der Waals surface area contributed by atoms with Gasteiger partial charge in [-0.1, -0.05) is 22.0 Å². The van der Waals surface area contributed by atoms with Crippen LogP contribution in [0.1, 0.15) is 5.56 Å². The van der Waals surface area contributed by atoms with Crippen LogP contribution in [0.3, 0.4) is 0 Å². The molecule has 4 heteroatoms. The van der Waals surface area contributed by atoms with Gasteiger partial charge in [0.1, 0.15) is 16.0 Å². The van der Waals surface area contributed by atoms with Crippen LogP contribution in [0.5, 0.6) is 11.5 Å². The van der Waals surface area contributed by atoms with Crippen molar-refractivity contribution >= 4 is 31.9 Å². The molecule has 0 N–H and O–H groups in total. The predicted octanol–water partition coefficient (Wildman–Crippen LogP) is 3.40. The van der Waals surface area contributed by atoms with E-state index in [4.69, 9.17) is 9.47 Å². The molecular weight excluding hydrogens is 312 g/mol. The summed E-state index contributed by atoms with van der Waals surface area (Å²) in [6, 6.07) is 3.95. The number of aryl methyl sites for hydroxylation is 1. The van der Waals surface area contributed by atoms with Gasteiger partial charge in [-0.05, 0) is 34.0 Å². The summed E-state index contributed by atoms with van der Waals surface area (Å²) < 4.78 is 11.4.